The summed E-state index contributed by atoms with van der Waals surface area (Å²) in [4.78, 5) is 18.5. The van der Waals surface area contributed by atoms with E-state index in [0.717, 1.165) is 11.1 Å². The molecule has 0 saturated carbocycles. The number of rotatable bonds is 2. The maximum Gasteiger partial charge on any atom is 0.354 e. The molecule has 0 fully saturated rings. The van der Waals surface area contributed by atoms with E-state index in [1.807, 2.05) is 26.8 Å². The Morgan fingerprint density at radius 2 is 2.11 bits per heavy atom. The number of hydrogen-bond acceptors (Lipinski definition) is 3. The molecule has 98 valence electrons. The predicted octanol–water partition coefficient (Wildman–Crippen LogP) is 3.73. The van der Waals surface area contributed by atoms with E-state index in [4.69, 9.17) is 16.3 Å². The van der Waals surface area contributed by atoms with Crippen LogP contribution in [-0.4, -0.2) is 22.5 Å². The maximum absolute atomic E-state index is 11.5. The molecule has 2 aromatic rings. The average Bonchev–Trinajstić information content (AvgIpc) is 2.76. The fourth-order valence-corrected chi connectivity index (χ4v) is 1.83. The van der Waals surface area contributed by atoms with Gasteiger partial charge in [0.05, 0.1) is 12.1 Å². The van der Waals surface area contributed by atoms with Crippen LogP contribution in [0.2, 0.25) is 5.15 Å². The molecule has 0 aliphatic carbocycles. The van der Waals surface area contributed by atoms with Gasteiger partial charge in [-0.25, -0.2) is 9.78 Å². The van der Waals surface area contributed by atoms with Crippen LogP contribution in [0.25, 0.3) is 10.9 Å². The number of halogens is 1. The summed E-state index contributed by atoms with van der Waals surface area (Å²) in [5, 5.41) is 1.23. The highest BCUT2D eigenvalue weighted by Gasteiger charge is 2.12. The molecule has 0 atom stereocenters. The summed E-state index contributed by atoms with van der Waals surface area (Å²) in [7, 11) is 0. The molecule has 1 N–H and O–H groups in total. The number of pyridine rings is 1. The van der Waals surface area contributed by atoms with Gasteiger partial charge in [-0.15, -0.1) is 0 Å². The molecule has 0 spiro atoms. The molecular formula is C13H17ClN2O2. The number of hydrogen-bond donors (Lipinski definition) is 1. The number of fused-ring (bicyclic) bond motifs is 1. The molecule has 0 aliphatic heterocycles. The fourth-order valence-electron chi connectivity index (χ4n) is 1.54. The summed E-state index contributed by atoms with van der Waals surface area (Å²) in [6.07, 6.45) is 0. The van der Waals surface area contributed by atoms with Gasteiger partial charge in [-0.05, 0) is 26.0 Å². The van der Waals surface area contributed by atoms with Crippen LogP contribution in [0.3, 0.4) is 0 Å². The average molecular weight is 269 g/mol. The second-order valence-electron chi connectivity index (χ2n) is 3.42. The Kier molecular flexibility index (Phi) is 5.16. The van der Waals surface area contributed by atoms with Gasteiger partial charge < -0.3 is 9.72 Å². The highest BCUT2D eigenvalue weighted by atomic mass is 35.5. The van der Waals surface area contributed by atoms with Gasteiger partial charge in [0.15, 0.2) is 5.15 Å². The zero-order valence-corrected chi connectivity index (χ0v) is 11.8. The number of aromatic nitrogens is 2. The molecule has 2 rings (SSSR count). The lowest BCUT2D eigenvalue weighted by Crippen LogP contribution is -2.04. The van der Waals surface area contributed by atoms with Crippen LogP contribution in [0, 0.1) is 6.92 Å². The molecule has 0 amide bonds. The van der Waals surface area contributed by atoms with E-state index in [1.165, 1.54) is 0 Å². The number of nitrogens with one attached hydrogen (secondary N) is 1. The van der Waals surface area contributed by atoms with E-state index in [-0.39, 0.29) is 5.97 Å². The van der Waals surface area contributed by atoms with Crippen LogP contribution in [0.5, 0.6) is 0 Å². The van der Waals surface area contributed by atoms with E-state index in [0.29, 0.717) is 23.0 Å². The maximum atomic E-state index is 11.5. The molecule has 5 heteroatoms. The smallest absolute Gasteiger partial charge is 0.354 e. The lowest BCUT2D eigenvalue weighted by molar-refractivity contribution is 0.0520. The minimum absolute atomic E-state index is 0.346. The molecule has 2 aromatic heterocycles. The summed E-state index contributed by atoms with van der Waals surface area (Å²) in [6.45, 7) is 7.96. The first-order valence-electron chi connectivity index (χ1n) is 5.94. The molecule has 0 aromatic carbocycles. The Morgan fingerprint density at radius 3 is 2.72 bits per heavy atom. The van der Waals surface area contributed by atoms with Gasteiger partial charge in [0.2, 0.25) is 0 Å². The minimum atomic E-state index is -0.382. The number of nitrogens with zero attached hydrogens (tertiary/aromatic N) is 1. The number of ether oxygens (including phenoxy) is 1. The van der Waals surface area contributed by atoms with Crippen molar-refractivity contribution in [1.82, 2.24) is 9.97 Å². The third-order valence-electron chi connectivity index (χ3n) is 2.19. The van der Waals surface area contributed by atoms with Crippen molar-refractivity contribution >= 4 is 28.5 Å². The second-order valence-corrected chi connectivity index (χ2v) is 3.78. The van der Waals surface area contributed by atoms with E-state index in [2.05, 4.69) is 9.97 Å². The standard InChI is InChI=1S/C11H11ClN2O2.C2H6/c1-3-16-11(15)8-5-7-4-6(2)13-10(12)9(7)14-8;1-2/h4-5,14H,3H2,1-2H3;1-2H3. The summed E-state index contributed by atoms with van der Waals surface area (Å²) in [5.74, 6) is -0.382. The number of esters is 1. The van der Waals surface area contributed by atoms with Crippen LogP contribution in [0.4, 0.5) is 0 Å². The zero-order valence-electron chi connectivity index (χ0n) is 11.0. The third-order valence-corrected chi connectivity index (χ3v) is 2.46. The fraction of sp³-hybridized carbons (Fsp3) is 0.385. The van der Waals surface area contributed by atoms with E-state index in [1.54, 1.807) is 13.0 Å². The van der Waals surface area contributed by atoms with Crippen LogP contribution in [-0.2, 0) is 4.74 Å². The van der Waals surface area contributed by atoms with Crippen molar-refractivity contribution in [2.75, 3.05) is 6.61 Å². The molecule has 18 heavy (non-hydrogen) atoms. The minimum Gasteiger partial charge on any atom is -0.461 e. The molecule has 0 unspecified atom stereocenters. The van der Waals surface area contributed by atoms with Crippen molar-refractivity contribution in [2.24, 2.45) is 0 Å². The van der Waals surface area contributed by atoms with Gasteiger partial charge in [0.25, 0.3) is 0 Å². The van der Waals surface area contributed by atoms with Gasteiger partial charge in [-0.3, -0.25) is 0 Å². The highest BCUT2D eigenvalue weighted by Crippen LogP contribution is 2.23. The van der Waals surface area contributed by atoms with Crippen molar-refractivity contribution in [3.63, 3.8) is 0 Å². The second kappa shape index (κ2) is 6.40. The number of aryl methyl sites for hydroxylation is 1. The molecule has 0 aliphatic rings. The molecule has 0 radical (unpaired) electrons. The lowest BCUT2D eigenvalue weighted by Gasteiger charge is -1.97. The largest absolute Gasteiger partial charge is 0.461 e. The van der Waals surface area contributed by atoms with Gasteiger partial charge >= 0.3 is 5.97 Å². The Labute approximate surface area is 111 Å². The third kappa shape index (κ3) is 3.01. The van der Waals surface area contributed by atoms with Gasteiger partial charge in [0.1, 0.15) is 5.69 Å². The highest BCUT2D eigenvalue weighted by molar-refractivity contribution is 6.34. The van der Waals surface area contributed by atoms with Crippen molar-refractivity contribution < 1.29 is 9.53 Å². The van der Waals surface area contributed by atoms with Crippen LogP contribution in [0.15, 0.2) is 12.1 Å². The topological polar surface area (TPSA) is 55.0 Å². The summed E-state index contributed by atoms with van der Waals surface area (Å²) < 4.78 is 4.89. The van der Waals surface area contributed by atoms with Crippen molar-refractivity contribution in [3.8, 4) is 0 Å². The quantitative estimate of drug-likeness (QED) is 0.667. The first kappa shape index (κ1) is 14.5. The number of H-pyrrole nitrogens is 1. The van der Waals surface area contributed by atoms with Crippen LogP contribution >= 0.6 is 11.6 Å². The summed E-state index contributed by atoms with van der Waals surface area (Å²) in [6, 6.07) is 3.58. The Bertz CT molecular complexity index is 549. The molecule has 2 heterocycles. The molecular weight excluding hydrogens is 252 g/mol. The lowest BCUT2D eigenvalue weighted by atomic mass is 10.2. The van der Waals surface area contributed by atoms with E-state index in [9.17, 15) is 4.79 Å². The zero-order chi connectivity index (χ0) is 13.7. The molecule has 0 bridgehead atoms. The number of carbonyl (C=O) groups excluding carboxylic acids is 1. The summed E-state index contributed by atoms with van der Waals surface area (Å²) >= 11 is 5.96. The van der Waals surface area contributed by atoms with Crippen molar-refractivity contribution in [1.29, 1.82) is 0 Å². The van der Waals surface area contributed by atoms with Gasteiger partial charge in [-0.1, -0.05) is 25.4 Å². The molecule has 0 saturated heterocycles. The first-order valence-corrected chi connectivity index (χ1v) is 6.32. The van der Waals surface area contributed by atoms with Crippen LogP contribution < -0.4 is 0 Å². The SMILES string of the molecule is CC.CCOC(=O)c1cc2cc(C)nc(Cl)c2[nH]1. The van der Waals surface area contributed by atoms with Crippen LogP contribution in [0.1, 0.15) is 37.0 Å². The van der Waals surface area contributed by atoms with E-state index < -0.39 is 0 Å². The Morgan fingerprint density at radius 1 is 1.44 bits per heavy atom. The Balaban J connectivity index is 0.000000771. The van der Waals surface area contributed by atoms with Gasteiger partial charge in [0, 0.05) is 11.1 Å². The van der Waals surface area contributed by atoms with Crippen molar-refractivity contribution in [3.05, 3.63) is 28.7 Å². The van der Waals surface area contributed by atoms with E-state index >= 15 is 0 Å². The number of aromatic amines is 1. The number of carbonyl (C=O) groups is 1. The Hall–Kier alpha value is -1.55. The first-order chi connectivity index (χ1) is 8.61. The molecule has 4 nitrogen and oxygen atoms in total. The monoisotopic (exact) mass is 268 g/mol. The van der Waals surface area contributed by atoms with Gasteiger partial charge in [-0.2, -0.15) is 0 Å². The predicted molar refractivity (Wildman–Crippen MR) is 73.1 cm³/mol. The van der Waals surface area contributed by atoms with Crippen molar-refractivity contribution in [2.45, 2.75) is 27.7 Å². The normalized spacial score (nSPS) is 9.83. The summed E-state index contributed by atoms with van der Waals surface area (Å²) in [5.41, 5.74) is 1.87.